The van der Waals surface area contributed by atoms with E-state index in [-0.39, 0.29) is 36.2 Å². The first kappa shape index (κ1) is 31.6. The Kier molecular flexibility index (Phi) is 10.4. The van der Waals surface area contributed by atoms with Crippen LogP contribution < -0.4 is 5.32 Å². The van der Waals surface area contributed by atoms with Crippen LogP contribution in [-0.2, 0) is 29.0 Å². The highest BCUT2D eigenvalue weighted by molar-refractivity contribution is 5.92. The number of carbonyl (C=O) groups excluding carboxylic acids is 3. The first-order chi connectivity index (χ1) is 22.0. The van der Waals surface area contributed by atoms with Crippen LogP contribution in [0.25, 0.3) is 0 Å². The third-order valence-electron chi connectivity index (χ3n) is 10.6. The molecule has 2 aromatic rings. The van der Waals surface area contributed by atoms with Gasteiger partial charge in [-0.15, -0.1) is 0 Å². The summed E-state index contributed by atoms with van der Waals surface area (Å²) in [4.78, 5) is 49.3. The minimum Gasteiger partial charge on any atom is -0.343 e. The summed E-state index contributed by atoms with van der Waals surface area (Å²) in [6.07, 6.45) is 10.4. The molecule has 3 fully saturated rings. The monoisotopic (exact) mass is 613 g/mol. The normalized spacial score (nSPS) is 20.9. The van der Waals surface area contributed by atoms with Gasteiger partial charge in [-0.2, -0.15) is 0 Å². The maximum absolute atomic E-state index is 14.1. The molecule has 4 aliphatic rings. The Labute approximate surface area is 269 Å². The standard InChI is InChI=1S/C37H51N5O3/c1-2-9-28-10-8-11-29(24-28)25-31(36(44)41-22-14-32(15-23-41)39-18-6-3-7-19-39)26-35(43)40-20-16-33(17-21-40)42-27-30-12-4-5-13-34(30)38-37(42)45/h4-5,8,10-13,24,31-33H,2-3,6-7,9,14-23,25-27H2,1H3,(H,38,45). The number of nitrogens with zero attached hydrogens (tertiary/aromatic N) is 4. The van der Waals surface area contributed by atoms with Gasteiger partial charge in [-0.1, -0.05) is 62.2 Å². The predicted molar refractivity (Wildman–Crippen MR) is 178 cm³/mol. The van der Waals surface area contributed by atoms with Gasteiger partial charge < -0.3 is 24.9 Å². The number of rotatable bonds is 9. The summed E-state index contributed by atoms with van der Waals surface area (Å²) in [6.45, 7) is 7.96. The molecule has 0 radical (unpaired) electrons. The molecule has 1 atom stereocenters. The molecule has 6 rings (SSSR count). The van der Waals surface area contributed by atoms with Crippen molar-refractivity contribution in [2.24, 2.45) is 5.92 Å². The van der Waals surface area contributed by atoms with Crippen molar-refractivity contribution in [3.8, 4) is 0 Å². The molecule has 4 aliphatic heterocycles. The van der Waals surface area contributed by atoms with E-state index in [1.165, 1.54) is 37.9 Å². The number of fused-ring (bicyclic) bond motifs is 1. The molecule has 0 aromatic heterocycles. The SMILES string of the molecule is CCCc1cccc(CC(CC(=O)N2CCC(N3Cc4ccccc4NC3=O)CC2)C(=O)N2CCC(N3CCCCC3)CC2)c1. The molecule has 0 spiro atoms. The van der Waals surface area contributed by atoms with E-state index in [0.29, 0.717) is 32.1 Å². The van der Waals surface area contributed by atoms with Crippen LogP contribution in [0.4, 0.5) is 10.5 Å². The zero-order valence-electron chi connectivity index (χ0n) is 27.1. The van der Waals surface area contributed by atoms with E-state index < -0.39 is 0 Å². The van der Waals surface area contributed by atoms with Crippen LogP contribution in [0.2, 0.25) is 0 Å². The van der Waals surface area contributed by atoms with Gasteiger partial charge in [0.15, 0.2) is 0 Å². The lowest BCUT2D eigenvalue weighted by Gasteiger charge is -2.41. The van der Waals surface area contributed by atoms with Gasteiger partial charge in [-0.25, -0.2) is 4.79 Å². The van der Waals surface area contributed by atoms with Crippen LogP contribution in [0, 0.1) is 5.92 Å². The van der Waals surface area contributed by atoms with Crippen LogP contribution in [0.15, 0.2) is 48.5 Å². The summed E-state index contributed by atoms with van der Waals surface area (Å²) in [5, 5.41) is 3.03. The van der Waals surface area contributed by atoms with Crippen molar-refractivity contribution in [3.05, 3.63) is 65.2 Å². The first-order valence-electron chi connectivity index (χ1n) is 17.5. The van der Waals surface area contributed by atoms with Crippen molar-refractivity contribution in [2.45, 2.75) is 96.2 Å². The molecule has 8 nitrogen and oxygen atoms in total. The van der Waals surface area contributed by atoms with E-state index in [1.54, 1.807) is 0 Å². The van der Waals surface area contributed by atoms with E-state index in [4.69, 9.17) is 0 Å². The molecule has 2 aromatic carbocycles. The summed E-state index contributed by atoms with van der Waals surface area (Å²) in [6, 6.07) is 17.2. The number of amides is 4. The minimum absolute atomic E-state index is 0.0569. The smallest absolute Gasteiger partial charge is 0.322 e. The number of hydrogen-bond donors (Lipinski definition) is 1. The highest BCUT2D eigenvalue weighted by Crippen LogP contribution is 2.29. The van der Waals surface area contributed by atoms with E-state index in [2.05, 4.69) is 47.5 Å². The van der Waals surface area contributed by atoms with Crippen molar-refractivity contribution < 1.29 is 14.4 Å². The molecule has 45 heavy (non-hydrogen) atoms. The van der Waals surface area contributed by atoms with Gasteiger partial charge in [0.25, 0.3) is 0 Å². The third kappa shape index (κ3) is 7.71. The number of anilines is 1. The number of para-hydroxylation sites is 1. The molecular formula is C37H51N5O3. The van der Waals surface area contributed by atoms with Crippen molar-refractivity contribution in [3.63, 3.8) is 0 Å². The summed E-state index contributed by atoms with van der Waals surface area (Å²) in [5.74, 6) is -0.156. The number of piperidine rings is 3. The second kappa shape index (κ2) is 14.8. The van der Waals surface area contributed by atoms with Crippen molar-refractivity contribution in [1.29, 1.82) is 0 Å². The zero-order valence-corrected chi connectivity index (χ0v) is 27.1. The number of nitrogens with one attached hydrogen (secondary N) is 1. The molecule has 0 saturated carbocycles. The maximum atomic E-state index is 14.1. The summed E-state index contributed by atoms with van der Waals surface area (Å²) >= 11 is 0. The largest absolute Gasteiger partial charge is 0.343 e. The highest BCUT2D eigenvalue weighted by Gasteiger charge is 2.36. The zero-order chi connectivity index (χ0) is 31.2. The second-order valence-corrected chi connectivity index (χ2v) is 13.7. The Morgan fingerprint density at radius 2 is 1.51 bits per heavy atom. The van der Waals surface area contributed by atoms with Gasteiger partial charge in [0, 0.05) is 56.9 Å². The maximum Gasteiger partial charge on any atom is 0.322 e. The minimum atomic E-state index is -0.358. The molecule has 242 valence electrons. The first-order valence-corrected chi connectivity index (χ1v) is 17.5. The molecular weight excluding hydrogens is 562 g/mol. The highest BCUT2D eigenvalue weighted by atomic mass is 16.2. The number of aryl methyl sites for hydroxylation is 1. The van der Waals surface area contributed by atoms with E-state index in [0.717, 1.165) is 68.4 Å². The lowest BCUT2D eigenvalue weighted by atomic mass is 9.91. The van der Waals surface area contributed by atoms with E-state index in [1.807, 2.05) is 32.9 Å². The van der Waals surface area contributed by atoms with Gasteiger partial charge in [-0.05, 0) is 87.2 Å². The van der Waals surface area contributed by atoms with Crippen LogP contribution in [0.3, 0.4) is 0 Å². The average molecular weight is 614 g/mol. The second-order valence-electron chi connectivity index (χ2n) is 13.7. The van der Waals surface area contributed by atoms with Gasteiger partial charge in [0.2, 0.25) is 11.8 Å². The Morgan fingerprint density at radius 3 is 2.27 bits per heavy atom. The van der Waals surface area contributed by atoms with Gasteiger partial charge >= 0.3 is 6.03 Å². The Hall–Kier alpha value is -3.39. The quantitative estimate of drug-likeness (QED) is 0.394. The number of hydrogen-bond acceptors (Lipinski definition) is 4. The topological polar surface area (TPSA) is 76.2 Å². The fraction of sp³-hybridized carbons (Fsp3) is 0.595. The number of benzene rings is 2. The molecule has 1 N–H and O–H groups in total. The van der Waals surface area contributed by atoms with Crippen molar-refractivity contribution in [1.82, 2.24) is 19.6 Å². The lowest BCUT2D eigenvalue weighted by Crippen LogP contribution is -2.52. The fourth-order valence-corrected chi connectivity index (χ4v) is 8.01. The van der Waals surface area contributed by atoms with E-state index >= 15 is 0 Å². The molecule has 3 saturated heterocycles. The van der Waals surface area contributed by atoms with Crippen molar-refractivity contribution in [2.75, 3.05) is 44.6 Å². The van der Waals surface area contributed by atoms with Gasteiger partial charge in [-0.3, -0.25) is 9.59 Å². The summed E-state index contributed by atoms with van der Waals surface area (Å²) < 4.78 is 0. The summed E-state index contributed by atoms with van der Waals surface area (Å²) in [7, 11) is 0. The molecule has 0 aliphatic carbocycles. The molecule has 8 heteroatoms. The van der Waals surface area contributed by atoms with Gasteiger partial charge in [0.05, 0.1) is 5.92 Å². The molecule has 1 unspecified atom stereocenters. The van der Waals surface area contributed by atoms with Crippen LogP contribution in [0.1, 0.15) is 81.4 Å². The number of urea groups is 1. The molecule has 4 heterocycles. The van der Waals surface area contributed by atoms with Gasteiger partial charge in [0.1, 0.15) is 0 Å². The number of carbonyl (C=O) groups is 3. The van der Waals surface area contributed by atoms with E-state index in [9.17, 15) is 14.4 Å². The fourth-order valence-electron chi connectivity index (χ4n) is 8.01. The predicted octanol–water partition coefficient (Wildman–Crippen LogP) is 5.70. The molecule has 4 amide bonds. The Balaban J connectivity index is 1.08. The Morgan fingerprint density at radius 1 is 0.822 bits per heavy atom. The van der Waals surface area contributed by atoms with Crippen LogP contribution in [-0.4, -0.2) is 88.8 Å². The van der Waals surface area contributed by atoms with Crippen molar-refractivity contribution >= 4 is 23.5 Å². The van der Waals surface area contributed by atoms with Crippen LogP contribution >= 0.6 is 0 Å². The molecule has 0 bridgehead atoms. The van der Waals surface area contributed by atoms with Crippen LogP contribution in [0.5, 0.6) is 0 Å². The number of likely N-dealkylation sites (tertiary alicyclic amines) is 3. The summed E-state index contributed by atoms with van der Waals surface area (Å²) in [5.41, 5.74) is 4.45. The Bertz CT molecular complexity index is 1320. The average Bonchev–Trinajstić information content (AvgIpc) is 3.08. The third-order valence-corrected chi connectivity index (χ3v) is 10.6. The lowest BCUT2D eigenvalue weighted by molar-refractivity contribution is -0.143.